The van der Waals surface area contributed by atoms with E-state index in [-0.39, 0.29) is 11.7 Å². The second-order valence-corrected chi connectivity index (χ2v) is 4.60. The molecule has 1 N–H and O–H groups in total. The molecule has 3 nitrogen and oxygen atoms in total. The van der Waals surface area contributed by atoms with E-state index in [1.807, 2.05) is 45.0 Å². The van der Waals surface area contributed by atoms with Crippen LogP contribution in [0.25, 0.3) is 0 Å². The molecule has 19 heavy (non-hydrogen) atoms. The molecule has 1 aliphatic rings. The predicted molar refractivity (Wildman–Crippen MR) is 75.5 cm³/mol. The third kappa shape index (κ3) is 3.66. The third-order valence-electron chi connectivity index (χ3n) is 3.51. The molecule has 3 heteroatoms. The maximum absolute atomic E-state index is 11.4. The predicted octanol–water partition coefficient (Wildman–Crippen LogP) is 3.88. The van der Waals surface area contributed by atoms with E-state index in [0.717, 1.165) is 24.0 Å². The van der Waals surface area contributed by atoms with Gasteiger partial charge in [-0.3, -0.25) is 9.59 Å². The van der Waals surface area contributed by atoms with Crippen molar-refractivity contribution in [2.45, 2.75) is 46.0 Å². The Kier molecular flexibility index (Phi) is 5.74. The zero-order chi connectivity index (χ0) is 14.4. The second-order valence-electron chi connectivity index (χ2n) is 4.60. The molecule has 1 aromatic rings. The number of carbonyl (C=O) groups is 2. The van der Waals surface area contributed by atoms with Crippen molar-refractivity contribution in [1.29, 1.82) is 0 Å². The maximum Gasteiger partial charge on any atom is 0.306 e. The topological polar surface area (TPSA) is 54.4 Å². The lowest BCUT2D eigenvalue weighted by atomic mass is 9.71. The van der Waals surface area contributed by atoms with Crippen LogP contribution in [0.1, 0.15) is 61.9 Å². The van der Waals surface area contributed by atoms with Crippen molar-refractivity contribution in [3.05, 3.63) is 35.4 Å². The summed E-state index contributed by atoms with van der Waals surface area (Å²) in [6.07, 6.45) is 1.96. The molecule has 0 atom stereocenters. The molecule has 1 aromatic carbocycles. The van der Waals surface area contributed by atoms with Gasteiger partial charge in [-0.1, -0.05) is 45.0 Å². The van der Waals surface area contributed by atoms with Crippen LogP contribution in [0.2, 0.25) is 0 Å². The minimum Gasteiger partial charge on any atom is -0.481 e. The molecular formula is C16H22O3. The molecule has 1 fully saturated rings. The molecule has 0 aromatic heterocycles. The number of rotatable bonds is 4. The van der Waals surface area contributed by atoms with Crippen LogP contribution in [-0.4, -0.2) is 16.9 Å². The standard InChI is InChI=1S/C14H16O3.C2H6/c1-2-13(15)10-5-3-9(4-6-10)11-7-12(8-11)14(16)17;1-2/h3-6,11-12H,2,7-8H2,1H3,(H,16,17);1-2H3. The van der Waals surface area contributed by atoms with Gasteiger partial charge in [-0.15, -0.1) is 0 Å². The van der Waals surface area contributed by atoms with Crippen LogP contribution in [0.5, 0.6) is 0 Å². The van der Waals surface area contributed by atoms with Gasteiger partial charge in [0, 0.05) is 12.0 Å². The van der Waals surface area contributed by atoms with Crippen LogP contribution >= 0.6 is 0 Å². The minimum atomic E-state index is -0.695. The molecular weight excluding hydrogens is 240 g/mol. The first-order valence-electron chi connectivity index (χ1n) is 6.97. The lowest BCUT2D eigenvalue weighted by Gasteiger charge is -2.32. The first-order valence-corrected chi connectivity index (χ1v) is 6.97. The first-order chi connectivity index (χ1) is 9.11. The number of ketones is 1. The fourth-order valence-corrected chi connectivity index (χ4v) is 2.24. The van der Waals surface area contributed by atoms with E-state index in [4.69, 9.17) is 5.11 Å². The van der Waals surface area contributed by atoms with Gasteiger partial charge in [0.1, 0.15) is 0 Å². The summed E-state index contributed by atoms with van der Waals surface area (Å²) < 4.78 is 0. The Morgan fingerprint density at radius 1 is 1.16 bits per heavy atom. The Morgan fingerprint density at radius 3 is 2.11 bits per heavy atom. The monoisotopic (exact) mass is 262 g/mol. The normalized spacial score (nSPS) is 20.8. The van der Waals surface area contributed by atoms with Gasteiger partial charge in [0.2, 0.25) is 0 Å². The van der Waals surface area contributed by atoms with Crippen molar-refractivity contribution < 1.29 is 14.7 Å². The van der Waals surface area contributed by atoms with Crippen LogP contribution in [0.15, 0.2) is 24.3 Å². The van der Waals surface area contributed by atoms with E-state index in [2.05, 4.69) is 0 Å². The van der Waals surface area contributed by atoms with E-state index >= 15 is 0 Å². The van der Waals surface area contributed by atoms with E-state index in [1.165, 1.54) is 0 Å². The molecule has 2 rings (SSSR count). The van der Waals surface area contributed by atoms with Gasteiger partial charge >= 0.3 is 5.97 Å². The van der Waals surface area contributed by atoms with Gasteiger partial charge in [0.05, 0.1) is 5.92 Å². The maximum atomic E-state index is 11.4. The van der Waals surface area contributed by atoms with Crippen LogP contribution in [0, 0.1) is 5.92 Å². The Hall–Kier alpha value is -1.64. The van der Waals surface area contributed by atoms with Gasteiger partial charge in [0.25, 0.3) is 0 Å². The van der Waals surface area contributed by atoms with Gasteiger partial charge in [-0.05, 0) is 24.3 Å². The van der Waals surface area contributed by atoms with Crippen molar-refractivity contribution in [3.63, 3.8) is 0 Å². The van der Waals surface area contributed by atoms with Crippen LogP contribution in [0.4, 0.5) is 0 Å². The summed E-state index contributed by atoms with van der Waals surface area (Å²) in [7, 11) is 0. The van der Waals surface area contributed by atoms with E-state index < -0.39 is 5.97 Å². The molecule has 0 aliphatic heterocycles. The summed E-state index contributed by atoms with van der Waals surface area (Å²) in [4.78, 5) is 22.1. The zero-order valence-electron chi connectivity index (χ0n) is 11.8. The van der Waals surface area contributed by atoms with Crippen LogP contribution < -0.4 is 0 Å². The summed E-state index contributed by atoms with van der Waals surface area (Å²) in [6, 6.07) is 7.59. The second kappa shape index (κ2) is 7.07. The highest BCUT2D eigenvalue weighted by Crippen LogP contribution is 2.41. The van der Waals surface area contributed by atoms with Crippen LogP contribution in [-0.2, 0) is 4.79 Å². The summed E-state index contributed by atoms with van der Waals surface area (Å²) >= 11 is 0. The molecule has 0 saturated heterocycles. The Bertz CT molecular complexity index is 428. The molecule has 0 unspecified atom stereocenters. The highest BCUT2D eigenvalue weighted by molar-refractivity contribution is 5.95. The summed E-state index contributed by atoms with van der Waals surface area (Å²) in [5.41, 5.74) is 1.89. The minimum absolute atomic E-state index is 0.147. The van der Waals surface area contributed by atoms with E-state index in [1.54, 1.807) is 0 Å². The number of benzene rings is 1. The van der Waals surface area contributed by atoms with Gasteiger partial charge in [0.15, 0.2) is 5.78 Å². The van der Waals surface area contributed by atoms with Gasteiger partial charge in [-0.25, -0.2) is 0 Å². The number of carboxylic acids is 1. The largest absolute Gasteiger partial charge is 0.481 e. The lowest BCUT2D eigenvalue weighted by molar-refractivity contribution is -0.145. The Balaban J connectivity index is 0.000000861. The SMILES string of the molecule is CC.CCC(=O)c1ccc(C2CC(C(=O)O)C2)cc1. The van der Waals surface area contributed by atoms with Crippen molar-refractivity contribution >= 4 is 11.8 Å². The zero-order valence-corrected chi connectivity index (χ0v) is 11.8. The molecule has 1 saturated carbocycles. The highest BCUT2D eigenvalue weighted by Gasteiger charge is 2.35. The van der Waals surface area contributed by atoms with E-state index in [9.17, 15) is 9.59 Å². The Labute approximate surface area is 114 Å². The summed E-state index contributed by atoms with van der Waals surface area (Å²) in [6.45, 7) is 5.85. The lowest BCUT2D eigenvalue weighted by Crippen LogP contribution is -2.28. The molecule has 0 heterocycles. The van der Waals surface area contributed by atoms with Crippen molar-refractivity contribution in [3.8, 4) is 0 Å². The number of carboxylic acid groups (broad SMARTS) is 1. The molecule has 0 amide bonds. The van der Waals surface area contributed by atoms with Crippen molar-refractivity contribution in [2.75, 3.05) is 0 Å². The fourth-order valence-electron chi connectivity index (χ4n) is 2.24. The summed E-state index contributed by atoms with van der Waals surface area (Å²) in [5, 5.41) is 8.80. The number of aliphatic carboxylic acids is 1. The fraction of sp³-hybridized carbons (Fsp3) is 0.500. The average molecular weight is 262 g/mol. The number of Topliss-reactive ketones (excluding diaryl/α,β-unsaturated/α-hetero) is 1. The molecule has 0 spiro atoms. The number of hydrogen-bond acceptors (Lipinski definition) is 2. The van der Waals surface area contributed by atoms with Crippen molar-refractivity contribution in [1.82, 2.24) is 0 Å². The Morgan fingerprint density at radius 2 is 1.68 bits per heavy atom. The summed E-state index contributed by atoms with van der Waals surface area (Å²) in [5.74, 6) is -0.383. The number of hydrogen-bond donors (Lipinski definition) is 1. The van der Waals surface area contributed by atoms with E-state index in [0.29, 0.717) is 12.3 Å². The average Bonchev–Trinajstić information content (AvgIpc) is 2.39. The quantitative estimate of drug-likeness (QED) is 0.838. The molecule has 0 bridgehead atoms. The molecule has 0 radical (unpaired) electrons. The third-order valence-corrected chi connectivity index (χ3v) is 3.51. The number of carbonyl (C=O) groups excluding carboxylic acids is 1. The smallest absolute Gasteiger partial charge is 0.306 e. The van der Waals surface area contributed by atoms with Gasteiger partial charge < -0.3 is 5.11 Å². The van der Waals surface area contributed by atoms with Gasteiger partial charge in [-0.2, -0.15) is 0 Å². The first kappa shape index (κ1) is 15.4. The molecule has 1 aliphatic carbocycles. The van der Waals surface area contributed by atoms with Crippen LogP contribution in [0.3, 0.4) is 0 Å². The van der Waals surface area contributed by atoms with Crippen molar-refractivity contribution in [2.24, 2.45) is 5.92 Å². The molecule has 104 valence electrons. The highest BCUT2D eigenvalue weighted by atomic mass is 16.4.